The monoisotopic (exact) mass is 294 g/mol. The molecule has 1 aromatic carbocycles. The van der Waals surface area contributed by atoms with E-state index in [0.29, 0.717) is 17.6 Å². The van der Waals surface area contributed by atoms with Gasteiger partial charge >= 0.3 is 0 Å². The summed E-state index contributed by atoms with van der Waals surface area (Å²) in [5, 5.41) is 7.18. The van der Waals surface area contributed by atoms with Crippen LogP contribution in [0.25, 0.3) is 0 Å². The van der Waals surface area contributed by atoms with E-state index in [4.69, 9.17) is 17.0 Å². The van der Waals surface area contributed by atoms with Crippen molar-refractivity contribution in [3.05, 3.63) is 35.4 Å². The van der Waals surface area contributed by atoms with Crippen molar-refractivity contribution in [2.75, 3.05) is 20.3 Å². The van der Waals surface area contributed by atoms with Crippen molar-refractivity contribution in [1.29, 1.82) is 0 Å². The lowest BCUT2D eigenvalue weighted by molar-refractivity contribution is 0.204. The average molecular weight is 294 g/mol. The molecular weight excluding hydrogens is 268 g/mol. The number of nitrogens with one attached hydrogen (secondary N) is 2. The van der Waals surface area contributed by atoms with Gasteiger partial charge in [0.1, 0.15) is 0 Å². The first kappa shape index (κ1) is 16.9. The fraction of sp³-hybridized carbons (Fsp3) is 0.562. The Balaban J connectivity index is 2.59. The molecule has 0 amide bonds. The highest BCUT2D eigenvalue weighted by atomic mass is 32.1. The predicted molar refractivity (Wildman–Crippen MR) is 89.2 cm³/mol. The number of rotatable bonds is 7. The minimum Gasteiger partial charge on any atom is -0.383 e. The highest BCUT2D eigenvalue weighted by Gasteiger charge is 2.10. The lowest BCUT2D eigenvalue weighted by Crippen LogP contribution is -2.39. The molecule has 1 aromatic rings. The third-order valence-electron chi connectivity index (χ3n) is 3.31. The molecule has 1 rings (SSSR count). The van der Waals surface area contributed by atoms with E-state index < -0.39 is 0 Å². The smallest absolute Gasteiger partial charge is 0.166 e. The van der Waals surface area contributed by atoms with Crippen molar-refractivity contribution in [1.82, 2.24) is 10.6 Å². The number of thiocarbonyl (C=S) groups is 1. The van der Waals surface area contributed by atoms with Gasteiger partial charge in [0.2, 0.25) is 0 Å². The molecule has 0 fully saturated rings. The largest absolute Gasteiger partial charge is 0.383 e. The van der Waals surface area contributed by atoms with Crippen molar-refractivity contribution in [3.63, 3.8) is 0 Å². The molecule has 0 radical (unpaired) electrons. The highest BCUT2D eigenvalue weighted by molar-refractivity contribution is 7.80. The lowest BCUT2D eigenvalue weighted by atomic mass is 9.98. The van der Waals surface area contributed by atoms with Gasteiger partial charge in [-0.1, -0.05) is 45.0 Å². The molecular formula is C16H26N2OS. The zero-order valence-electron chi connectivity index (χ0n) is 12.9. The molecule has 0 aliphatic rings. The first-order chi connectivity index (χ1) is 9.58. The van der Waals surface area contributed by atoms with Crippen molar-refractivity contribution >= 4 is 17.3 Å². The van der Waals surface area contributed by atoms with Crippen LogP contribution in [0.4, 0.5) is 0 Å². The van der Waals surface area contributed by atoms with E-state index >= 15 is 0 Å². The standard InChI is InChI=1S/C16H26N2OS/c1-5-15(18-16(20)17-10-11-19-4)14-8-6-13(7-9-14)12(2)3/h6-9,12,15H,5,10-11H2,1-4H3,(H2,17,18,20)/t15-/m0/s1. The SMILES string of the molecule is CC[C@H](NC(=S)NCCOC)c1ccc(C(C)C)cc1. The van der Waals surface area contributed by atoms with Crippen molar-refractivity contribution < 1.29 is 4.74 Å². The molecule has 2 N–H and O–H groups in total. The second-order valence-electron chi connectivity index (χ2n) is 5.18. The van der Waals surface area contributed by atoms with Crippen LogP contribution in [0.3, 0.4) is 0 Å². The second-order valence-corrected chi connectivity index (χ2v) is 5.58. The summed E-state index contributed by atoms with van der Waals surface area (Å²) in [7, 11) is 1.68. The minimum absolute atomic E-state index is 0.249. The number of ether oxygens (including phenoxy) is 1. The summed E-state index contributed by atoms with van der Waals surface area (Å²) in [6.45, 7) is 7.96. The molecule has 0 aliphatic carbocycles. The first-order valence-corrected chi connectivity index (χ1v) is 7.62. The third-order valence-corrected chi connectivity index (χ3v) is 3.57. The van der Waals surface area contributed by atoms with Crippen molar-refractivity contribution in [2.45, 2.75) is 39.2 Å². The molecule has 0 saturated carbocycles. The summed E-state index contributed by atoms with van der Waals surface area (Å²) < 4.78 is 4.99. The van der Waals surface area contributed by atoms with Crippen LogP contribution in [0.2, 0.25) is 0 Å². The maximum Gasteiger partial charge on any atom is 0.166 e. The Bertz CT molecular complexity index is 403. The van der Waals surface area contributed by atoms with Gasteiger partial charge in [-0.3, -0.25) is 0 Å². The zero-order valence-corrected chi connectivity index (χ0v) is 13.7. The van der Waals surface area contributed by atoms with Gasteiger partial charge in [0.25, 0.3) is 0 Å². The van der Waals surface area contributed by atoms with Crippen LogP contribution in [0, 0.1) is 0 Å². The molecule has 0 aromatic heterocycles. The molecule has 112 valence electrons. The van der Waals surface area contributed by atoms with E-state index in [-0.39, 0.29) is 6.04 Å². The molecule has 0 aliphatic heterocycles. The van der Waals surface area contributed by atoms with E-state index in [1.165, 1.54) is 11.1 Å². The van der Waals surface area contributed by atoms with Crippen LogP contribution in [0.15, 0.2) is 24.3 Å². The van der Waals surface area contributed by atoms with Crippen LogP contribution < -0.4 is 10.6 Å². The molecule has 0 spiro atoms. The van der Waals surface area contributed by atoms with Crippen LogP contribution >= 0.6 is 12.2 Å². The first-order valence-electron chi connectivity index (χ1n) is 7.21. The Morgan fingerprint density at radius 2 is 1.80 bits per heavy atom. The summed E-state index contributed by atoms with van der Waals surface area (Å²) in [5.41, 5.74) is 2.64. The number of hydrogen-bond donors (Lipinski definition) is 2. The van der Waals surface area contributed by atoms with E-state index in [2.05, 4.69) is 55.7 Å². The van der Waals surface area contributed by atoms with Crippen LogP contribution in [0.1, 0.15) is 50.3 Å². The quantitative estimate of drug-likeness (QED) is 0.597. The second kappa shape index (κ2) is 8.93. The Labute approximate surface area is 128 Å². The van der Waals surface area contributed by atoms with Gasteiger partial charge in [0.15, 0.2) is 5.11 Å². The van der Waals surface area contributed by atoms with E-state index in [1.807, 2.05) is 0 Å². The predicted octanol–water partition coefficient (Wildman–Crippen LogP) is 3.37. The molecule has 1 atom stereocenters. The minimum atomic E-state index is 0.249. The fourth-order valence-corrected chi connectivity index (χ4v) is 2.25. The van der Waals surface area contributed by atoms with E-state index in [1.54, 1.807) is 7.11 Å². The van der Waals surface area contributed by atoms with Crippen LogP contribution in [0.5, 0.6) is 0 Å². The molecule has 0 heterocycles. The summed E-state index contributed by atoms with van der Waals surface area (Å²) >= 11 is 5.30. The van der Waals surface area contributed by atoms with Gasteiger partial charge in [0, 0.05) is 13.7 Å². The van der Waals surface area contributed by atoms with Gasteiger partial charge < -0.3 is 15.4 Å². The highest BCUT2D eigenvalue weighted by Crippen LogP contribution is 2.20. The third kappa shape index (κ3) is 5.47. The van der Waals surface area contributed by atoms with Crippen molar-refractivity contribution in [2.24, 2.45) is 0 Å². The topological polar surface area (TPSA) is 33.3 Å². The Kier molecular flexibility index (Phi) is 7.55. The van der Waals surface area contributed by atoms with Gasteiger partial charge in [-0.05, 0) is 35.7 Å². The number of benzene rings is 1. The average Bonchev–Trinajstić information content (AvgIpc) is 2.45. The summed E-state index contributed by atoms with van der Waals surface area (Å²) in [6.07, 6.45) is 0.993. The zero-order chi connectivity index (χ0) is 15.0. The summed E-state index contributed by atoms with van der Waals surface area (Å²) in [4.78, 5) is 0. The van der Waals surface area contributed by atoms with Gasteiger partial charge in [-0.2, -0.15) is 0 Å². The fourth-order valence-electron chi connectivity index (χ4n) is 2.01. The van der Waals surface area contributed by atoms with E-state index in [0.717, 1.165) is 13.0 Å². The van der Waals surface area contributed by atoms with Gasteiger partial charge in [0.05, 0.1) is 12.6 Å². The summed E-state index contributed by atoms with van der Waals surface area (Å²) in [6, 6.07) is 9.03. The Morgan fingerprint density at radius 3 is 2.30 bits per heavy atom. The van der Waals surface area contributed by atoms with Crippen molar-refractivity contribution in [3.8, 4) is 0 Å². The summed E-state index contributed by atoms with van der Waals surface area (Å²) in [5.74, 6) is 0.564. The lowest BCUT2D eigenvalue weighted by Gasteiger charge is -2.20. The van der Waals surface area contributed by atoms with Gasteiger partial charge in [-0.15, -0.1) is 0 Å². The molecule has 0 saturated heterocycles. The normalized spacial score (nSPS) is 12.2. The van der Waals surface area contributed by atoms with Crippen LogP contribution in [-0.4, -0.2) is 25.4 Å². The maximum absolute atomic E-state index is 5.30. The molecule has 0 bridgehead atoms. The molecule has 0 unspecified atom stereocenters. The Hall–Kier alpha value is -1.13. The maximum atomic E-state index is 5.30. The van der Waals surface area contributed by atoms with E-state index in [9.17, 15) is 0 Å². The Morgan fingerprint density at radius 1 is 1.20 bits per heavy atom. The van der Waals surface area contributed by atoms with Crippen LogP contribution in [-0.2, 0) is 4.74 Å². The molecule has 3 nitrogen and oxygen atoms in total. The van der Waals surface area contributed by atoms with Gasteiger partial charge in [-0.25, -0.2) is 0 Å². The molecule has 20 heavy (non-hydrogen) atoms. The number of methoxy groups -OCH3 is 1. The number of hydrogen-bond acceptors (Lipinski definition) is 2. The molecule has 4 heteroatoms.